The fourth-order valence-electron chi connectivity index (χ4n) is 4.95. The average molecular weight is 472 g/mol. The molecule has 0 N–H and O–H groups in total. The monoisotopic (exact) mass is 471 g/mol. The predicted octanol–water partition coefficient (Wildman–Crippen LogP) is 6.01. The molecular formula is C22H31BrFNO2S. The van der Waals surface area contributed by atoms with E-state index in [1.807, 2.05) is 20.8 Å². The third-order valence-corrected chi connectivity index (χ3v) is 7.84. The maximum absolute atomic E-state index is 13.5. The van der Waals surface area contributed by atoms with Gasteiger partial charge in [-0.3, -0.25) is 0 Å². The van der Waals surface area contributed by atoms with Crippen LogP contribution in [0.25, 0.3) is 0 Å². The van der Waals surface area contributed by atoms with Gasteiger partial charge in [-0.25, -0.2) is 8.60 Å². The van der Waals surface area contributed by atoms with Crippen LogP contribution in [0.1, 0.15) is 65.5 Å². The molecule has 0 amide bonds. The predicted molar refractivity (Wildman–Crippen MR) is 118 cm³/mol. The minimum Gasteiger partial charge on any atom is -0.344 e. The number of ether oxygens (including phenoxy) is 1. The topological polar surface area (TPSA) is 38.7 Å². The first-order valence-corrected chi connectivity index (χ1v) is 11.9. The molecule has 3 unspecified atom stereocenters. The second-order valence-corrected chi connectivity index (χ2v) is 12.4. The van der Waals surface area contributed by atoms with E-state index >= 15 is 0 Å². The summed E-state index contributed by atoms with van der Waals surface area (Å²) in [4.78, 5) is 0. The van der Waals surface area contributed by atoms with Gasteiger partial charge < -0.3 is 4.74 Å². The van der Waals surface area contributed by atoms with E-state index in [9.17, 15) is 8.60 Å². The smallest absolute Gasteiger partial charge is 0.196 e. The Hall–Kier alpha value is -0.590. The highest BCUT2D eigenvalue weighted by Crippen LogP contribution is 2.52. The van der Waals surface area contributed by atoms with Crippen LogP contribution in [0, 0.1) is 17.3 Å². The van der Waals surface area contributed by atoms with Gasteiger partial charge in [-0.2, -0.15) is 4.40 Å². The highest BCUT2D eigenvalue weighted by Gasteiger charge is 2.51. The van der Waals surface area contributed by atoms with Gasteiger partial charge in [0.05, 0.1) is 16.6 Å². The van der Waals surface area contributed by atoms with Crippen molar-refractivity contribution in [3.05, 3.63) is 33.8 Å². The highest BCUT2D eigenvalue weighted by atomic mass is 79.9. The number of hydrogen-bond donors (Lipinski definition) is 0. The summed E-state index contributed by atoms with van der Waals surface area (Å²) in [6.45, 7) is 11.6. The number of fused-ring (bicyclic) bond motifs is 1. The van der Waals surface area contributed by atoms with Gasteiger partial charge in [0.2, 0.25) is 0 Å². The lowest BCUT2D eigenvalue weighted by Crippen LogP contribution is -2.46. The molecule has 1 aromatic carbocycles. The lowest BCUT2D eigenvalue weighted by atomic mass is 9.62. The second kappa shape index (κ2) is 7.92. The third kappa shape index (κ3) is 4.29. The molecule has 28 heavy (non-hydrogen) atoms. The normalized spacial score (nSPS) is 33.9. The zero-order chi connectivity index (χ0) is 20.9. The first kappa shape index (κ1) is 22.1. The SMILES string of the molecule is CC(F)OC1[C@H](C)CC2(Cc3ccc(Br)cc3C2=N[S@@](=O)C(C)(C)C)C[C@@H]1C. The minimum absolute atomic E-state index is 0.101. The van der Waals surface area contributed by atoms with E-state index in [1.54, 1.807) is 0 Å². The molecule has 3 rings (SSSR count). The molecule has 2 aliphatic carbocycles. The van der Waals surface area contributed by atoms with Crippen LogP contribution in [0.4, 0.5) is 4.39 Å². The van der Waals surface area contributed by atoms with Gasteiger partial charge in [0, 0.05) is 15.5 Å². The van der Waals surface area contributed by atoms with Gasteiger partial charge in [0.1, 0.15) is 11.0 Å². The summed E-state index contributed by atoms with van der Waals surface area (Å²) in [5.74, 6) is 0.404. The number of rotatable bonds is 3. The molecule has 1 aromatic rings. The molecule has 3 nitrogen and oxygen atoms in total. The number of nitrogens with zero attached hydrogens (tertiary/aromatic N) is 1. The van der Waals surface area contributed by atoms with Crippen LogP contribution < -0.4 is 0 Å². The molecule has 6 heteroatoms. The van der Waals surface area contributed by atoms with Crippen LogP contribution in [0.2, 0.25) is 0 Å². The number of hydrogen-bond acceptors (Lipinski definition) is 2. The van der Waals surface area contributed by atoms with Crippen molar-refractivity contribution in [1.29, 1.82) is 0 Å². The van der Waals surface area contributed by atoms with E-state index in [0.29, 0.717) is 0 Å². The zero-order valence-corrected chi connectivity index (χ0v) is 20.0. The molecule has 2 aliphatic rings. The van der Waals surface area contributed by atoms with Crippen molar-refractivity contribution >= 4 is 32.6 Å². The van der Waals surface area contributed by atoms with E-state index in [1.165, 1.54) is 12.5 Å². The molecule has 0 radical (unpaired) electrons. The van der Waals surface area contributed by atoms with Crippen LogP contribution in [0.3, 0.4) is 0 Å². The van der Waals surface area contributed by atoms with Crippen molar-refractivity contribution in [3.8, 4) is 0 Å². The Balaban J connectivity index is 2.05. The van der Waals surface area contributed by atoms with Crippen LogP contribution >= 0.6 is 15.9 Å². The van der Waals surface area contributed by atoms with Gasteiger partial charge in [-0.05, 0) is 76.5 Å². The number of benzene rings is 1. The highest BCUT2D eigenvalue weighted by molar-refractivity contribution is 9.10. The van der Waals surface area contributed by atoms with Crippen molar-refractivity contribution in [2.45, 2.75) is 78.0 Å². The lowest BCUT2D eigenvalue weighted by molar-refractivity contribution is -0.135. The molecule has 0 saturated heterocycles. The quantitative estimate of drug-likeness (QED) is 0.541. The van der Waals surface area contributed by atoms with Crippen LogP contribution in [-0.2, 0) is 22.1 Å². The summed E-state index contributed by atoms with van der Waals surface area (Å²) in [5, 5.41) is 0. The zero-order valence-electron chi connectivity index (χ0n) is 17.6. The molecular weight excluding hydrogens is 441 g/mol. The first-order chi connectivity index (χ1) is 12.9. The molecule has 0 bridgehead atoms. The summed E-state index contributed by atoms with van der Waals surface area (Å²) in [6.07, 6.45) is 1.25. The fraction of sp³-hybridized carbons (Fsp3) is 0.682. The van der Waals surface area contributed by atoms with E-state index in [2.05, 4.69) is 48.0 Å². The van der Waals surface area contributed by atoms with E-state index < -0.39 is 22.1 Å². The fourth-order valence-corrected chi connectivity index (χ4v) is 6.05. The maximum atomic E-state index is 13.5. The number of alkyl halides is 1. The Labute approximate surface area is 179 Å². The third-order valence-electron chi connectivity index (χ3n) is 5.95. The van der Waals surface area contributed by atoms with Gasteiger partial charge in [-0.15, -0.1) is 0 Å². The first-order valence-electron chi connectivity index (χ1n) is 10.0. The Morgan fingerprint density at radius 2 is 1.89 bits per heavy atom. The molecule has 156 valence electrons. The van der Waals surface area contributed by atoms with Crippen LogP contribution in [0.5, 0.6) is 0 Å². The van der Waals surface area contributed by atoms with Crippen molar-refractivity contribution in [3.63, 3.8) is 0 Å². The summed E-state index contributed by atoms with van der Waals surface area (Å²) in [5.41, 5.74) is 3.15. The van der Waals surface area contributed by atoms with E-state index in [4.69, 9.17) is 9.13 Å². The van der Waals surface area contributed by atoms with Crippen molar-refractivity contribution in [2.75, 3.05) is 0 Å². The van der Waals surface area contributed by atoms with Crippen LogP contribution in [-0.4, -0.2) is 27.1 Å². The molecule has 1 saturated carbocycles. The molecule has 1 spiro atoms. The van der Waals surface area contributed by atoms with Crippen molar-refractivity contribution in [1.82, 2.24) is 0 Å². The molecule has 0 aliphatic heterocycles. The van der Waals surface area contributed by atoms with Gasteiger partial charge >= 0.3 is 0 Å². The molecule has 0 aromatic heterocycles. The minimum atomic E-state index is -1.33. The second-order valence-electron chi connectivity index (χ2n) is 9.57. The van der Waals surface area contributed by atoms with Gasteiger partial charge in [0.25, 0.3) is 0 Å². The maximum Gasteiger partial charge on any atom is 0.196 e. The summed E-state index contributed by atoms with van der Waals surface area (Å²) in [6, 6.07) is 6.30. The molecule has 0 heterocycles. The van der Waals surface area contributed by atoms with Crippen molar-refractivity contribution in [2.24, 2.45) is 21.6 Å². The molecule has 6 atom stereocenters. The summed E-state index contributed by atoms with van der Waals surface area (Å²) < 4.78 is 37.5. The Morgan fingerprint density at radius 3 is 2.43 bits per heavy atom. The van der Waals surface area contributed by atoms with Crippen molar-refractivity contribution < 1.29 is 13.3 Å². The van der Waals surface area contributed by atoms with E-state index in [-0.39, 0.29) is 23.4 Å². The van der Waals surface area contributed by atoms with E-state index in [0.717, 1.165) is 35.0 Å². The lowest BCUT2D eigenvalue weighted by Gasteiger charge is -2.45. The average Bonchev–Trinajstić information content (AvgIpc) is 2.83. The Morgan fingerprint density at radius 1 is 1.29 bits per heavy atom. The van der Waals surface area contributed by atoms with Gasteiger partial charge in [0.15, 0.2) is 6.36 Å². The Bertz CT molecular complexity index is 790. The Kier molecular flexibility index (Phi) is 6.25. The molecule has 1 fully saturated rings. The van der Waals surface area contributed by atoms with Crippen LogP contribution in [0.15, 0.2) is 27.1 Å². The number of halogens is 2. The van der Waals surface area contributed by atoms with Gasteiger partial charge in [-0.1, -0.05) is 35.8 Å². The summed E-state index contributed by atoms with van der Waals surface area (Å²) in [7, 11) is -1.33. The largest absolute Gasteiger partial charge is 0.344 e. The standard InChI is InChI=1S/C22H31BrFNO2S/c1-13-10-22(11-14(2)19(13)27-15(3)24)12-16-7-8-17(23)9-18(16)20(22)25-28(26)21(4,5)6/h7-9,13-15,19H,10-12H2,1-6H3/t13-,14+,15?,19?,22?,28-/m0/s1. The summed E-state index contributed by atoms with van der Waals surface area (Å²) >= 11 is 3.58.